The van der Waals surface area contributed by atoms with Gasteiger partial charge in [0.1, 0.15) is 0 Å². The first-order valence-electron chi connectivity index (χ1n) is 6.24. The summed E-state index contributed by atoms with van der Waals surface area (Å²) in [6.07, 6.45) is 6.00. The second kappa shape index (κ2) is 6.11. The molecular weight excluding hydrogens is 188 g/mol. The van der Waals surface area contributed by atoms with Crippen molar-refractivity contribution >= 4 is 5.91 Å². The molecule has 0 aromatic heterocycles. The standard InChI is InChI=1S/C12H24N2O/c1-3-9-14(12(15)4-2)11-7-5-10(13)6-8-11/h10-11H,3-9,13H2,1-2H3. The van der Waals surface area contributed by atoms with E-state index in [4.69, 9.17) is 5.73 Å². The monoisotopic (exact) mass is 212 g/mol. The molecule has 88 valence electrons. The number of carbonyl (C=O) groups is 1. The number of nitrogens with two attached hydrogens (primary N) is 1. The lowest BCUT2D eigenvalue weighted by atomic mass is 9.90. The molecular formula is C12H24N2O. The fraction of sp³-hybridized carbons (Fsp3) is 0.917. The topological polar surface area (TPSA) is 46.3 Å². The molecule has 0 atom stereocenters. The molecule has 0 unspecified atom stereocenters. The van der Waals surface area contributed by atoms with Crippen molar-refractivity contribution in [1.82, 2.24) is 4.90 Å². The molecule has 0 aliphatic heterocycles. The first kappa shape index (κ1) is 12.5. The van der Waals surface area contributed by atoms with E-state index in [1.807, 2.05) is 6.92 Å². The third-order valence-electron chi connectivity index (χ3n) is 3.27. The van der Waals surface area contributed by atoms with Gasteiger partial charge in [-0.2, -0.15) is 0 Å². The second-order valence-corrected chi connectivity index (χ2v) is 4.51. The number of rotatable bonds is 4. The van der Waals surface area contributed by atoms with Gasteiger partial charge in [0.2, 0.25) is 5.91 Å². The van der Waals surface area contributed by atoms with E-state index in [2.05, 4.69) is 11.8 Å². The molecule has 2 N–H and O–H groups in total. The molecule has 3 nitrogen and oxygen atoms in total. The first-order chi connectivity index (χ1) is 7.19. The Labute approximate surface area is 93.0 Å². The van der Waals surface area contributed by atoms with Gasteiger partial charge in [0, 0.05) is 25.0 Å². The SMILES string of the molecule is CCCN(C(=O)CC)C1CCC(N)CC1. The van der Waals surface area contributed by atoms with Crippen molar-refractivity contribution in [3.63, 3.8) is 0 Å². The molecule has 0 radical (unpaired) electrons. The van der Waals surface area contributed by atoms with Crippen molar-refractivity contribution in [3.05, 3.63) is 0 Å². The summed E-state index contributed by atoms with van der Waals surface area (Å²) < 4.78 is 0. The number of amides is 1. The number of hydrogen-bond acceptors (Lipinski definition) is 2. The highest BCUT2D eigenvalue weighted by Crippen LogP contribution is 2.22. The molecule has 1 amide bonds. The third-order valence-corrected chi connectivity index (χ3v) is 3.27. The Morgan fingerprint density at radius 3 is 2.33 bits per heavy atom. The minimum Gasteiger partial charge on any atom is -0.340 e. The predicted molar refractivity (Wildman–Crippen MR) is 62.5 cm³/mol. The summed E-state index contributed by atoms with van der Waals surface area (Å²) >= 11 is 0. The Morgan fingerprint density at radius 2 is 1.87 bits per heavy atom. The second-order valence-electron chi connectivity index (χ2n) is 4.51. The van der Waals surface area contributed by atoms with E-state index in [9.17, 15) is 4.79 Å². The van der Waals surface area contributed by atoms with Crippen molar-refractivity contribution in [3.8, 4) is 0 Å². The van der Waals surface area contributed by atoms with E-state index >= 15 is 0 Å². The van der Waals surface area contributed by atoms with E-state index in [0.29, 0.717) is 24.4 Å². The van der Waals surface area contributed by atoms with Gasteiger partial charge in [-0.3, -0.25) is 4.79 Å². The average Bonchev–Trinajstić information content (AvgIpc) is 2.26. The summed E-state index contributed by atoms with van der Waals surface area (Å²) in [6, 6.07) is 0.818. The maximum atomic E-state index is 11.8. The fourth-order valence-electron chi connectivity index (χ4n) is 2.37. The van der Waals surface area contributed by atoms with Crippen molar-refractivity contribution in [1.29, 1.82) is 0 Å². The van der Waals surface area contributed by atoms with Crippen molar-refractivity contribution in [2.45, 2.75) is 64.5 Å². The molecule has 0 aromatic carbocycles. The van der Waals surface area contributed by atoms with Crippen LogP contribution in [0.1, 0.15) is 52.4 Å². The lowest BCUT2D eigenvalue weighted by Gasteiger charge is -2.36. The number of carbonyl (C=O) groups excluding carboxylic acids is 1. The zero-order valence-electron chi connectivity index (χ0n) is 10.0. The molecule has 3 heteroatoms. The normalized spacial score (nSPS) is 26.3. The van der Waals surface area contributed by atoms with Gasteiger partial charge in [0.25, 0.3) is 0 Å². The Hall–Kier alpha value is -0.570. The van der Waals surface area contributed by atoms with Crippen LogP contribution in [0, 0.1) is 0 Å². The first-order valence-corrected chi connectivity index (χ1v) is 6.24. The lowest BCUT2D eigenvalue weighted by molar-refractivity contribution is -0.134. The molecule has 1 saturated carbocycles. The van der Waals surface area contributed by atoms with Crippen LogP contribution in [-0.4, -0.2) is 29.4 Å². The zero-order chi connectivity index (χ0) is 11.3. The molecule has 0 aromatic rings. The smallest absolute Gasteiger partial charge is 0.222 e. The summed E-state index contributed by atoms with van der Waals surface area (Å²) in [7, 11) is 0. The van der Waals surface area contributed by atoms with Crippen LogP contribution < -0.4 is 5.73 Å². The molecule has 0 saturated heterocycles. The molecule has 1 aliphatic rings. The van der Waals surface area contributed by atoms with Gasteiger partial charge in [-0.25, -0.2) is 0 Å². The minimum absolute atomic E-state index is 0.303. The predicted octanol–water partition coefficient (Wildman–Crippen LogP) is 1.90. The highest BCUT2D eigenvalue weighted by Gasteiger charge is 2.25. The Balaban J connectivity index is 2.51. The highest BCUT2D eigenvalue weighted by atomic mass is 16.2. The molecule has 1 aliphatic carbocycles. The van der Waals surface area contributed by atoms with E-state index in [0.717, 1.165) is 38.6 Å². The summed E-state index contributed by atoms with van der Waals surface area (Å²) in [6.45, 7) is 4.98. The largest absolute Gasteiger partial charge is 0.340 e. The average molecular weight is 212 g/mol. The van der Waals surface area contributed by atoms with E-state index in [-0.39, 0.29) is 0 Å². The van der Waals surface area contributed by atoms with Crippen molar-refractivity contribution in [2.75, 3.05) is 6.54 Å². The molecule has 15 heavy (non-hydrogen) atoms. The maximum Gasteiger partial charge on any atom is 0.222 e. The van der Waals surface area contributed by atoms with Gasteiger partial charge >= 0.3 is 0 Å². The Kier molecular flexibility index (Phi) is 5.09. The van der Waals surface area contributed by atoms with Crippen LogP contribution >= 0.6 is 0 Å². The number of hydrogen-bond donors (Lipinski definition) is 1. The minimum atomic E-state index is 0.303. The van der Waals surface area contributed by atoms with Crippen LogP contribution in [0.2, 0.25) is 0 Å². The summed E-state index contributed by atoms with van der Waals surface area (Å²) in [5.41, 5.74) is 5.88. The van der Waals surface area contributed by atoms with E-state index < -0.39 is 0 Å². The van der Waals surface area contributed by atoms with Crippen LogP contribution in [0.4, 0.5) is 0 Å². The number of nitrogens with zero attached hydrogens (tertiary/aromatic N) is 1. The van der Waals surface area contributed by atoms with Crippen LogP contribution in [0.3, 0.4) is 0 Å². The lowest BCUT2D eigenvalue weighted by Crippen LogP contribution is -2.44. The van der Waals surface area contributed by atoms with Crippen LogP contribution in [0.15, 0.2) is 0 Å². The summed E-state index contributed by atoms with van der Waals surface area (Å²) in [4.78, 5) is 13.9. The van der Waals surface area contributed by atoms with Gasteiger partial charge in [0.15, 0.2) is 0 Å². The quantitative estimate of drug-likeness (QED) is 0.773. The molecule has 0 bridgehead atoms. The van der Waals surface area contributed by atoms with Gasteiger partial charge in [-0.1, -0.05) is 13.8 Å². The Bertz CT molecular complexity index is 198. The molecule has 1 fully saturated rings. The van der Waals surface area contributed by atoms with E-state index in [1.165, 1.54) is 0 Å². The van der Waals surface area contributed by atoms with Gasteiger partial charge in [-0.15, -0.1) is 0 Å². The molecule has 0 heterocycles. The van der Waals surface area contributed by atoms with Crippen molar-refractivity contribution in [2.24, 2.45) is 5.73 Å². The van der Waals surface area contributed by atoms with Gasteiger partial charge in [-0.05, 0) is 32.1 Å². The van der Waals surface area contributed by atoms with E-state index in [1.54, 1.807) is 0 Å². The van der Waals surface area contributed by atoms with Gasteiger partial charge < -0.3 is 10.6 Å². The summed E-state index contributed by atoms with van der Waals surface area (Å²) in [5.74, 6) is 0.303. The van der Waals surface area contributed by atoms with Crippen LogP contribution in [0.5, 0.6) is 0 Å². The third kappa shape index (κ3) is 3.49. The molecule has 0 spiro atoms. The van der Waals surface area contributed by atoms with Crippen LogP contribution in [0.25, 0.3) is 0 Å². The van der Waals surface area contributed by atoms with Gasteiger partial charge in [0.05, 0.1) is 0 Å². The maximum absolute atomic E-state index is 11.8. The highest BCUT2D eigenvalue weighted by molar-refractivity contribution is 5.76. The summed E-state index contributed by atoms with van der Waals surface area (Å²) in [5, 5.41) is 0. The fourth-order valence-corrected chi connectivity index (χ4v) is 2.37. The van der Waals surface area contributed by atoms with Crippen LogP contribution in [-0.2, 0) is 4.79 Å². The Morgan fingerprint density at radius 1 is 1.27 bits per heavy atom. The molecule has 1 rings (SSSR count). The van der Waals surface area contributed by atoms with Crippen molar-refractivity contribution < 1.29 is 4.79 Å². The zero-order valence-corrected chi connectivity index (χ0v) is 10.0.